The lowest BCUT2D eigenvalue weighted by Gasteiger charge is -2.07. The van der Waals surface area contributed by atoms with Gasteiger partial charge in [-0.2, -0.15) is 10.4 Å². The average molecular weight is 294 g/mol. The van der Waals surface area contributed by atoms with Crippen molar-refractivity contribution >= 4 is 10.0 Å². The predicted molar refractivity (Wildman–Crippen MR) is 68.5 cm³/mol. The second kappa shape index (κ2) is 5.40. The van der Waals surface area contributed by atoms with Crippen LogP contribution in [0.1, 0.15) is 16.8 Å². The summed E-state index contributed by atoms with van der Waals surface area (Å²) in [6.07, 6.45) is 1.19. The molecule has 0 radical (unpaired) electrons. The number of H-pyrrole nitrogens is 1. The van der Waals surface area contributed by atoms with Gasteiger partial charge in [0.2, 0.25) is 10.0 Å². The molecular formula is C12H11FN4O2S. The van der Waals surface area contributed by atoms with Crippen LogP contribution in [0.5, 0.6) is 0 Å². The molecule has 0 saturated heterocycles. The predicted octanol–water partition coefficient (Wildman–Crippen LogP) is 1.21. The van der Waals surface area contributed by atoms with Crippen LogP contribution in [-0.4, -0.2) is 18.6 Å². The quantitative estimate of drug-likeness (QED) is 0.885. The van der Waals surface area contributed by atoms with Gasteiger partial charge in [-0.1, -0.05) is 6.07 Å². The highest BCUT2D eigenvalue weighted by Gasteiger charge is 2.18. The molecule has 0 bridgehead atoms. The number of benzene rings is 1. The number of rotatable bonds is 4. The van der Waals surface area contributed by atoms with E-state index in [0.29, 0.717) is 5.69 Å². The van der Waals surface area contributed by atoms with E-state index in [2.05, 4.69) is 14.9 Å². The van der Waals surface area contributed by atoms with Gasteiger partial charge in [0.05, 0.1) is 23.5 Å². The zero-order valence-electron chi connectivity index (χ0n) is 10.5. The minimum Gasteiger partial charge on any atom is -0.281 e. The molecular weight excluding hydrogens is 283 g/mol. The minimum absolute atomic E-state index is 0.0200. The summed E-state index contributed by atoms with van der Waals surface area (Å²) in [6, 6.07) is 5.67. The van der Waals surface area contributed by atoms with Crippen molar-refractivity contribution in [1.29, 1.82) is 5.26 Å². The van der Waals surface area contributed by atoms with E-state index in [0.717, 1.165) is 6.07 Å². The fourth-order valence-corrected chi connectivity index (χ4v) is 2.76. The molecule has 6 nitrogen and oxygen atoms in total. The normalized spacial score (nSPS) is 11.2. The number of hydrogen-bond acceptors (Lipinski definition) is 4. The Morgan fingerprint density at radius 3 is 2.80 bits per heavy atom. The summed E-state index contributed by atoms with van der Waals surface area (Å²) in [5.74, 6) is -0.629. The largest absolute Gasteiger partial charge is 0.281 e. The van der Waals surface area contributed by atoms with E-state index in [-0.39, 0.29) is 22.6 Å². The van der Waals surface area contributed by atoms with E-state index in [1.807, 2.05) is 0 Å². The summed E-state index contributed by atoms with van der Waals surface area (Å²) in [5, 5.41) is 14.8. The van der Waals surface area contributed by atoms with Crippen molar-refractivity contribution in [2.24, 2.45) is 0 Å². The lowest BCUT2D eigenvalue weighted by atomic mass is 10.1. The summed E-state index contributed by atoms with van der Waals surface area (Å²) in [4.78, 5) is 0.0200. The third kappa shape index (κ3) is 2.84. The molecule has 1 heterocycles. The van der Waals surface area contributed by atoms with Crippen molar-refractivity contribution < 1.29 is 12.8 Å². The molecule has 0 aliphatic heterocycles. The maximum absolute atomic E-state index is 13.6. The summed E-state index contributed by atoms with van der Waals surface area (Å²) in [6.45, 7) is 1.37. The van der Waals surface area contributed by atoms with Gasteiger partial charge in [0, 0.05) is 12.1 Å². The Morgan fingerprint density at radius 1 is 1.50 bits per heavy atom. The third-order valence-corrected chi connectivity index (χ3v) is 4.22. The summed E-state index contributed by atoms with van der Waals surface area (Å²) < 4.78 is 39.9. The first-order chi connectivity index (χ1) is 9.44. The molecule has 20 heavy (non-hydrogen) atoms. The first kappa shape index (κ1) is 14.2. The van der Waals surface area contributed by atoms with Gasteiger partial charge in [0.25, 0.3) is 0 Å². The molecule has 2 N–H and O–H groups in total. The van der Waals surface area contributed by atoms with Gasteiger partial charge in [-0.25, -0.2) is 17.5 Å². The van der Waals surface area contributed by atoms with Crippen LogP contribution in [0.4, 0.5) is 4.39 Å². The van der Waals surface area contributed by atoms with E-state index in [9.17, 15) is 12.8 Å². The number of aryl methyl sites for hydroxylation is 1. The van der Waals surface area contributed by atoms with E-state index in [1.165, 1.54) is 18.3 Å². The Labute approximate surface area is 115 Å². The second-order valence-corrected chi connectivity index (χ2v) is 5.84. The lowest BCUT2D eigenvalue weighted by Crippen LogP contribution is -2.24. The van der Waals surface area contributed by atoms with E-state index in [1.54, 1.807) is 13.0 Å². The van der Waals surface area contributed by atoms with E-state index in [4.69, 9.17) is 5.26 Å². The van der Waals surface area contributed by atoms with Crippen molar-refractivity contribution in [1.82, 2.24) is 14.9 Å². The number of nitriles is 1. The molecule has 1 aromatic carbocycles. The average Bonchev–Trinajstić information content (AvgIpc) is 2.84. The molecule has 2 rings (SSSR count). The molecule has 0 amide bonds. The molecule has 104 valence electrons. The zero-order chi connectivity index (χ0) is 14.8. The van der Waals surface area contributed by atoms with Gasteiger partial charge in [0.1, 0.15) is 10.7 Å². The third-order valence-electron chi connectivity index (χ3n) is 2.71. The molecule has 1 aromatic heterocycles. The molecule has 0 unspecified atom stereocenters. The van der Waals surface area contributed by atoms with E-state index >= 15 is 0 Å². The smallest absolute Gasteiger partial charge is 0.244 e. The fraction of sp³-hybridized carbons (Fsp3) is 0.167. The number of aromatic amines is 1. The second-order valence-electron chi connectivity index (χ2n) is 4.10. The molecule has 0 fully saturated rings. The SMILES string of the molecule is Cc1[nH]ncc1S(=O)(=O)NCc1ccc(C#N)cc1F. The van der Waals surface area contributed by atoms with Crippen LogP contribution in [-0.2, 0) is 16.6 Å². The molecule has 0 aliphatic rings. The van der Waals surface area contributed by atoms with Crippen LogP contribution in [0.15, 0.2) is 29.3 Å². The first-order valence-electron chi connectivity index (χ1n) is 5.62. The Balaban J connectivity index is 2.17. The molecule has 8 heteroatoms. The van der Waals surface area contributed by atoms with Crippen molar-refractivity contribution in [2.75, 3.05) is 0 Å². The summed E-state index contributed by atoms with van der Waals surface area (Å²) in [5.41, 5.74) is 0.742. The number of nitrogens with zero attached hydrogens (tertiary/aromatic N) is 2. The van der Waals surface area contributed by atoms with Crippen LogP contribution in [0.3, 0.4) is 0 Å². The number of aromatic nitrogens is 2. The molecule has 2 aromatic rings. The maximum atomic E-state index is 13.6. The summed E-state index contributed by atoms with van der Waals surface area (Å²) in [7, 11) is -3.75. The standard InChI is InChI=1S/C12H11FN4O2S/c1-8-12(7-15-17-8)20(18,19)16-6-10-3-2-9(5-14)4-11(10)13/h2-4,7,16H,6H2,1H3,(H,15,17). The minimum atomic E-state index is -3.75. The van der Waals surface area contributed by atoms with Gasteiger partial charge < -0.3 is 0 Å². The lowest BCUT2D eigenvalue weighted by molar-refractivity contribution is 0.574. The molecule has 0 spiro atoms. The Morgan fingerprint density at radius 2 is 2.25 bits per heavy atom. The van der Waals surface area contributed by atoms with Gasteiger partial charge in [0.15, 0.2) is 0 Å². The van der Waals surface area contributed by atoms with Crippen LogP contribution in [0, 0.1) is 24.1 Å². The highest BCUT2D eigenvalue weighted by Crippen LogP contribution is 2.14. The topological polar surface area (TPSA) is 98.6 Å². The van der Waals surface area contributed by atoms with Crippen LogP contribution in [0.2, 0.25) is 0 Å². The Bertz CT molecular complexity index is 777. The van der Waals surface area contributed by atoms with Gasteiger partial charge in [-0.05, 0) is 19.1 Å². The van der Waals surface area contributed by atoms with Crippen molar-refractivity contribution in [2.45, 2.75) is 18.4 Å². The van der Waals surface area contributed by atoms with Crippen LogP contribution >= 0.6 is 0 Å². The highest BCUT2D eigenvalue weighted by atomic mass is 32.2. The van der Waals surface area contributed by atoms with Crippen LogP contribution < -0.4 is 4.72 Å². The van der Waals surface area contributed by atoms with Crippen molar-refractivity contribution in [3.8, 4) is 6.07 Å². The van der Waals surface area contributed by atoms with E-state index < -0.39 is 15.8 Å². The van der Waals surface area contributed by atoms with Crippen molar-refractivity contribution in [3.05, 3.63) is 47.0 Å². The monoisotopic (exact) mass is 294 g/mol. The molecule has 0 aliphatic carbocycles. The molecule has 0 saturated carbocycles. The fourth-order valence-electron chi connectivity index (χ4n) is 1.62. The summed E-state index contributed by atoms with van der Waals surface area (Å²) >= 11 is 0. The number of sulfonamides is 1. The number of hydrogen-bond donors (Lipinski definition) is 2. The number of nitrogens with one attached hydrogen (secondary N) is 2. The maximum Gasteiger partial charge on any atom is 0.244 e. The Kier molecular flexibility index (Phi) is 3.83. The zero-order valence-corrected chi connectivity index (χ0v) is 11.3. The highest BCUT2D eigenvalue weighted by molar-refractivity contribution is 7.89. The number of halogens is 1. The Hall–Kier alpha value is -2.24. The van der Waals surface area contributed by atoms with Gasteiger partial charge in [-0.15, -0.1) is 0 Å². The van der Waals surface area contributed by atoms with Crippen molar-refractivity contribution in [3.63, 3.8) is 0 Å². The first-order valence-corrected chi connectivity index (χ1v) is 7.10. The van der Waals surface area contributed by atoms with Gasteiger partial charge >= 0.3 is 0 Å². The molecule has 0 atom stereocenters. The van der Waals surface area contributed by atoms with Crippen LogP contribution in [0.25, 0.3) is 0 Å². The van der Waals surface area contributed by atoms with Gasteiger partial charge in [-0.3, -0.25) is 5.10 Å².